The molecule has 0 aromatic carbocycles. The fourth-order valence-corrected chi connectivity index (χ4v) is 1.91. The predicted octanol–water partition coefficient (Wildman–Crippen LogP) is 1.87. The maximum absolute atomic E-state index is 11.5. The zero-order chi connectivity index (χ0) is 14.2. The summed E-state index contributed by atoms with van der Waals surface area (Å²) in [5.74, 6) is 0.362. The van der Waals surface area contributed by atoms with E-state index >= 15 is 0 Å². The van der Waals surface area contributed by atoms with Crippen molar-refractivity contribution in [2.45, 2.75) is 58.3 Å². The van der Waals surface area contributed by atoms with Crippen molar-refractivity contribution in [2.75, 3.05) is 32.8 Å². The van der Waals surface area contributed by atoms with Crippen molar-refractivity contribution in [3.05, 3.63) is 0 Å². The molecule has 0 aliphatic carbocycles. The van der Waals surface area contributed by atoms with Crippen molar-refractivity contribution in [3.63, 3.8) is 0 Å². The molecule has 3 N–H and O–H groups in total. The number of unbranched alkanes of at least 4 members (excludes halogenated alkanes) is 3. The van der Waals surface area contributed by atoms with Gasteiger partial charge in [-0.2, -0.15) is 0 Å². The van der Waals surface area contributed by atoms with Gasteiger partial charge in [-0.15, -0.1) is 0 Å². The molecule has 0 atom stereocenters. The number of hydrogen-bond donors (Lipinski definition) is 3. The molecule has 0 amide bonds. The first-order chi connectivity index (χ1) is 9.31. The van der Waals surface area contributed by atoms with Crippen LogP contribution < -0.4 is 10.6 Å². The van der Waals surface area contributed by atoms with E-state index in [0.29, 0.717) is 18.6 Å². The molecule has 0 fully saturated rings. The van der Waals surface area contributed by atoms with Crippen LogP contribution in [0.15, 0.2) is 0 Å². The van der Waals surface area contributed by atoms with Gasteiger partial charge in [-0.3, -0.25) is 4.79 Å². The van der Waals surface area contributed by atoms with Gasteiger partial charge in [0.1, 0.15) is 5.78 Å². The van der Waals surface area contributed by atoms with Gasteiger partial charge in [0.05, 0.1) is 0 Å². The molecule has 0 aromatic heterocycles. The summed E-state index contributed by atoms with van der Waals surface area (Å²) in [6.45, 7) is 6.38. The Bertz CT molecular complexity index is 199. The molecule has 0 aromatic rings. The van der Waals surface area contributed by atoms with Gasteiger partial charge in [-0.25, -0.2) is 0 Å². The Balaban J connectivity index is 3.12. The van der Waals surface area contributed by atoms with Crippen LogP contribution in [0.2, 0.25) is 0 Å². The highest BCUT2D eigenvalue weighted by Crippen LogP contribution is 2.04. The first-order valence-corrected chi connectivity index (χ1v) is 7.85. The molecule has 0 radical (unpaired) electrons. The minimum absolute atomic E-state index is 0.269. The molecule has 0 heterocycles. The summed E-state index contributed by atoms with van der Waals surface area (Å²) < 4.78 is 0. The summed E-state index contributed by atoms with van der Waals surface area (Å²) in [5, 5.41) is 15.3. The van der Waals surface area contributed by atoms with Gasteiger partial charge < -0.3 is 15.7 Å². The molecule has 0 bridgehead atoms. The largest absolute Gasteiger partial charge is 0.396 e. The summed E-state index contributed by atoms with van der Waals surface area (Å²) in [7, 11) is 0. The molecule has 4 heteroatoms. The molecule has 0 saturated heterocycles. The standard InChI is InChI=1S/C15H32N2O2/c1-2-10-16-11-7-12-17-13-9-15(19)8-5-3-4-6-14-18/h16-18H,2-14H2,1H3. The van der Waals surface area contributed by atoms with E-state index in [1.807, 2.05) is 0 Å². The number of Topliss-reactive ketones (excluding diaryl/α,β-unsaturated/α-hetero) is 1. The summed E-state index contributed by atoms with van der Waals surface area (Å²) in [6, 6.07) is 0. The lowest BCUT2D eigenvalue weighted by molar-refractivity contribution is -0.119. The van der Waals surface area contributed by atoms with Crippen LogP contribution in [0.1, 0.15) is 58.3 Å². The van der Waals surface area contributed by atoms with Crippen LogP contribution in [0, 0.1) is 0 Å². The van der Waals surface area contributed by atoms with Crippen LogP contribution in [0.4, 0.5) is 0 Å². The minimum Gasteiger partial charge on any atom is -0.396 e. The molecule has 0 saturated carbocycles. The summed E-state index contributed by atoms with van der Waals surface area (Å²) in [4.78, 5) is 11.5. The highest BCUT2D eigenvalue weighted by atomic mass is 16.2. The highest BCUT2D eigenvalue weighted by Gasteiger charge is 2.01. The second-order valence-corrected chi connectivity index (χ2v) is 5.03. The number of carbonyl (C=O) groups excluding carboxylic acids is 1. The van der Waals surface area contributed by atoms with E-state index in [2.05, 4.69) is 17.6 Å². The molecule has 114 valence electrons. The monoisotopic (exact) mass is 272 g/mol. The lowest BCUT2D eigenvalue weighted by Gasteiger charge is -2.05. The van der Waals surface area contributed by atoms with Crippen molar-refractivity contribution in [1.82, 2.24) is 10.6 Å². The van der Waals surface area contributed by atoms with Crippen LogP contribution in [0.25, 0.3) is 0 Å². The third-order valence-corrected chi connectivity index (χ3v) is 3.08. The van der Waals surface area contributed by atoms with Crippen LogP contribution in [-0.2, 0) is 4.79 Å². The van der Waals surface area contributed by atoms with Gasteiger partial charge >= 0.3 is 0 Å². The van der Waals surface area contributed by atoms with E-state index in [1.54, 1.807) is 0 Å². The van der Waals surface area contributed by atoms with Crippen molar-refractivity contribution in [2.24, 2.45) is 0 Å². The van der Waals surface area contributed by atoms with Gasteiger partial charge in [0, 0.05) is 26.0 Å². The number of aliphatic hydroxyl groups excluding tert-OH is 1. The summed E-state index contributed by atoms with van der Waals surface area (Å²) in [6.07, 6.45) is 7.58. The van der Waals surface area contributed by atoms with Crippen molar-refractivity contribution < 1.29 is 9.90 Å². The van der Waals surface area contributed by atoms with E-state index in [9.17, 15) is 4.79 Å². The maximum atomic E-state index is 11.5. The summed E-state index contributed by atoms with van der Waals surface area (Å²) >= 11 is 0. The van der Waals surface area contributed by atoms with Crippen LogP contribution in [-0.4, -0.2) is 43.7 Å². The SMILES string of the molecule is CCCNCCCNCCC(=O)CCCCCCO. The van der Waals surface area contributed by atoms with Crippen LogP contribution in [0.3, 0.4) is 0 Å². The predicted molar refractivity (Wildman–Crippen MR) is 80.4 cm³/mol. The zero-order valence-corrected chi connectivity index (χ0v) is 12.5. The molecule has 4 nitrogen and oxygen atoms in total. The number of nitrogens with one attached hydrogen (secondary N) is 2. The number of rotatable bonds is 15. The van der Waals surface area contributed by atoms with E-state index in [1.165, 1.54) is 6.42 Å². The molecule has 0 rings (SSSR count). The fraction of sp³-hybridized carbons (Fsp3) is 0.933. The molecule has 0 unspecified atom stereocenters. The zero-order valence-electron chi connectivity index (χ0n) is 12.5. The number of hydrogen-bond acceptors (Lipinski definition) is 4. The highest BCUT2D eigenvalue weighted by molar-refractivity contribution is 5.78. The third-order valence-electron chi connectivity index (χ3n) is 3.08. The Morgan fingerprint density at radius 1 is 0.842 bits per heavy atom. The topological polar surface area (TPSA) is 61.4 Å². The summed E-state index contributed by atoms with van der Waals surface area (Å²) in [5.41, 5.74) is 0. The van der Waals surface area contributed by atoms with Gasteiger partial charge in [-0.1, -0.05) is 19.8 Å². The van der Waals surface area contributed by atoms with Crippen LogP contribution in [0.5, 0.6) is 0 Å². The molecule has 0 spiro atoms. The molecule has 0 aliphatic heterocycles. The Hall–Kier alpha value is -0.450. The Morgan fingerprint density at radius 2 is 1.53 bits per heavy atom. The Labute approximate surface area is 118 Å². The first-order valence-electron chi connectivity index (χ1n) is 7.85. The minimum atomic E-state index is 0.269. The fourth-order valence-electron chi connectivity index (χ4n) is 1.91. The maximum Gasteiger partial charge on any atom is 0.134 e. The second-order valence-electron chi connectivity index (χ2n) is 5.03. The van der Waals surface area contributed by atoms with Crippen LogP contribution >= 0.6 is 0 Å². The Morgan fingerprint density at radius 3 is 2.21 bits per heavy atom. The van der Waals surface area contributed by atoms with Gasteiger partial charge in [0.2, 0.25) is 0 Å². The molecule has 19 heavy (non-hydrogen) atoms. The number of carbonyl (C=O) groups is 1. The van der Waals surface area contributed by atoms with Crippen molar-refractivity contribution in [1.29, 1.82) is 0 Å². The van der Waals surface area contributed by atoms with E-state index in [4.69, 9.17) is 5.11 Å². The van der Waals surface area contributed by atoms with Gasteiger partial charge in [0.25, 0.3) is 0 Å². The average molecular weight is 272 g/mol. The Kier molecular flexibility index (Phi) is 15.2. The van der Waals surface area contributed by atoms with E-state index in [0.717, 1.165) is 58.3 Å². The lowest BCUT2D eigenvalue weighted by atomic mass is 10.1. The lowest BCUT2D eigenvalue weighted by Crippen LogP contribution is -2.24. The quantitative estimate of drug-likeness (QED) is 0.398. The van der Waals surface area contributed by atoms with Gasteiger partial charge in [-0.05, 0) is 45.3 Å². The number of ketones is 1. The molecular formula is C15H32N2O2. The van der Waals surface area contributed by atoms with E-state index < -0.39 is 0 Å². The second kappa shape index (κ2) is 15.6. The van der Waals surface area contributed by atoms with Gasteiger partial charge in [0.15, 0.2) is 0 Å². The first kappa shape index (κ1) is 18.6. The third kappa shape index (κ3) is 15.5. The molecule has 0 aliphatic rings. The molecular weight excluding hydrogens is 240 g/mol. The van der Waals surface area contributed by atoms with Crippen molar-refractivity contribution >= 4 is 5.78 Å². The smallest absolute Gasteiger partial charge is 0.134 e. The average Bonchev–Trinajstić information content (AvgIpc) is 2.41. The number of aliphatic hydroxyl groups is 1. The van der Waals surface area contributed by atoms with E-state index in [-0.39, 0.29) is 6.61 Å². The van der Waals surface area contributed by atoms with Crippen molar-refractivity contribution in [3.8, 4) is 0 Å². The normalized spacial score (nSPS) is 10.8.